The number of guanidine groups is 1. The molecule has 2 N–H and O–H groups in total. The Morgan fingerprint density at radius 1 is 1.13 bits per heavy atom. The lowest BCUT2D eigenvalue weighted by Crippen LogP contribution is -2.49. The number of nitrogens with zero attached hydrogens (tertiary/aromatic N) is 4. The first-order valence-electron chi connectivity index (χ1n) is 11.5. The molecule has 0 atom stereocenters. The van der Waals surface area contributed by atoms with Crippen LogP contribution in [0.25, 0.3) is 0 Å². The molecular formula is C23H41IN6. The van der Waals surface area contributed by atoms with E-state index in [4.69, 9.17) is 9.98 Å². The normalized spacial score (nSPS) is 19.6. The van der Waals surface area contributed by atoms with E-state index in [9.17, 15) is 0 Å². The van der Waals surface area contributed by atoms with Crippen molar-refractivity contribution in [3.63, 3.8) is 0 Å². The molecule has 6 nitrogen and oxygen atoms in total. The van der Waals surface area contributed by atoms with Crippen LogP contribution in [-0.4, -0.2) is 60.7 Å². The number of pyridine rings is 1. The Kier molecular flexibility index (Phi) is 10.6. The van der Waals surface area contributed by atoms with Gasteiger partial charge in [-0.2, -0.15) is 0 Å². The van der Waals surface area contributed by atoms with Crippen LogP contribution in [0.2, 0.25) is 0 Å². The quantitative estimate of drug-likeness (QED) is 0.334. The number of hydrogen-bond donors (Lipinski definition) is 2. The van der Waals surface area contributed by atoms with Crippen LogP contribution in [0.3, 0.4) is 0 Å². The number of anilines is 1. The zero-order valence-electron chi connectivity index (χ0n) is 19.2. The van der Waals surface area contributed by atoms with E-state index in [1.807, 2.05) is 6.20 Å². The van der Waals surface area contributed by atoms with Crippen molar-refractivity contribution in [3.8, 4) is 0 Å². The fourth-order valence-electron chi connectivity index (χ4n) is 4.18. The standard InChI is InChI=1S/C23H40N6.HI/c1-5-24-23(27-21-10-14-28(15-11-21)18(2)3)26-17-20-6-7-22(25-16-20)29-12-8-19(4)9-13-29;/h6-7,16,18-19,21H,5,8-15,17H2,1-4H3,(H2,24,26,27);1H. The molecule has 0 amide bonds. The van der Waals surface area contributed by atoms with Crippen molar-refractivity contribution >= 4 is 35.8 Å². The molecule has 2 fully saturated rings. The van der Waals surface area contributed by atoms with Gasteiger partial charge in [0.25, 0.3) is 0 Å². The molecule has 0 radical (unpaired) electrons. The largest absolute Gasteiger partial charge is 0.357 e. The third-order valence-corrected chi connectivity index (χ3v) is 6.28. The van der Waals surface area contributed by atoms with Gasteiger partial charge in [0, 0.05) is 51.0 Å². The van der Waals surface area contributed by atoms with Gasteiger partial charge in [-0.15, -0.1) is 24.0 Å². The van der Waals surface area contributed by atoms with E-state index in [2.05, 4.69) is 60.3 Å². The van der Waals surface area contributed by atoms with Gasteiger partial charge in [0.1, 0.15) is 5.82 Å². The van der Waals surface area contributed by atoms with Crippen molar-refractivity contribution in [2.75, 3.05) is 37.6 Å². The zero-order valence-corrected chi connectivity index (χ0v) is 21.6. The highest BCUT2D eigenvalue weighted by atomic mass is 127. The first-order chi connectivity index (χ1) is 14.0. The van der Waals surface area contributed by atoms with Crippen LogP contribution in [0.1, 0.15) is 58.9 Å². The van der Waals surface area contributed by atoms with Crippen LogP contribution in [-0.2, 0) is 6.54 Å². The molecule has 0 unspecified atom stereocenters. The second kappa shape index (κ2) is 12.7. The van der Waals surface area contributed by atoms with Gasteiger partial charge in [0.2, 0.25) is 0 Å². The molecule has 1 aromatic heterocycles. The van der Waals surface area contributed by atoms with E-state index in [-0.39, 0.29) is 24.0 Å². The second-order valence-corrected chi connectivity index (χ2v) is 8.94. The van der Waals surface area contributed by atoms with Crippen molar-refractivity contribution < 1.29 is 0 Å². The Morgan fingerprint density at radius 3 is 2.40 bits per heavy atom. The topological polar surface area (TPSA) is 55.8 Å². The zero-order chi connectivity index (χ0) is 20.6. The van der Waals surface area contributed by atoms with Crippen molar-refractivity contribution in [1.29, 1.82) is 0 Å². The first-order valence-corrected chi connectivity index (χ1v) is 11.5. The molecule has 3 rings (SSSR count). The van der Waals surface area contributed by atoms with Gasteiger partial charge in [0.05, 0.1) is 6.54 Å². The lowest BCUT2D eigenvalue weighted by molar-refractivity contribution is 0.167. The second-order valence-electron chi connectivity index (χ2n) is 8.94. The number of piperidine rings is 2. The number of nitrogens with one attached hydrogen (secondary N) is 2. The number of rotatable bonds is 6. The minimum atomic E-state index is 0. The Hall–Kier alpha value is -1.09. The van der Waals surface area contributed by atoms with Gasteiger partial charge < -0.3 is 20.4 Å². The summed E-state index contributed by atoms with van der Waals surface area (Å²) in [5.74, 6) is 2.87. The molecule has 2 saturated heterocycles. The Morgan fingerprint density at radius 2 is 1.83 bits per heavy atom. The average Bonchev–Trinajstić information content (AvgIpc) is 2.73. The molecule has 7 heteroatoms. The van der Waals surface area contributed by atoms with Crippen LogP contribution in [0.4, 0.5) is 5.82 Å². The van der Waals surface area contributed by atoms with Crippen molar-refractivity contribution in [2.45, 2.75) is 72.0 Å². The molecule has 0 bridgehead atoms. The highest BCUT2D eigenvalue weighted by molar-refractivity contribution is 14.0. The van der Waals surface area contributed by atoms with Gasteiger partial charge in [-0.3, -0.25) is 0 Å². The molecule has 170 valence electrons. The lowest BCUT2D eigenvalue weighted by atomic mass is 9.99. The molecule has 0 spiro atoms. The van der Waals surface area contributed by atoms with Crippen LogP contribution in [0.5, 0.6) is 0 Å². The molecule has 0 saturated carbocycles. The van der Waals surface area contributed by atoms with Crippen LogP contribution in [0, 0.1) is 5.92 Å². The summed E-state index contributed by atoms with van der Waals surface area (Å²) in [6.07, 6.45) is 6.87. The SMILES string of the molecule is CCNC(=NCc1ccc(N2CCC(C)CC2)nc1)NC1CCN(C(C)C)CC1.I. The Labute approximate surface area is 200 Å². The Balaban J connectivity index is 0.00000320. The third-order valence-electron chi connectivity index (χ3n) is 6.28. The van der Waals surface area contributed by atoms with Gasteiger partial charge in [-0.25, -0.2) is 9.98 Å². The molecule has 1 aromatic rings. The van der Waals surface area contributed by atoms with Crippen LogP contribution < -0.4 is 15.5 Å². The van der Waals surface area contributed by atoms with Gasteiger partial charge >= 0.3 is 0 Å². The number of likely N-dealkylation sites (tertiary alicyclic amines) is 1. The lowest BCUT2D eigenvalue weighted by Gasteiger charge is -2.35. The van der Waals surface area contributed by atoms with E-state index in [0.717, 1.165) is 56.0 Å². The van der Waals surface area contributed by atoms with E-state index in [1.54, 1.807) is 0 Å². The maximum Gasteiger partial charge on any atom is 0.191 e. The van der Waals surface area contributed by atoms with E-state index in [1.165, 1.54) is 25.7 Å². The number of aliphatic imine (C=N–C) groups is 1. The molecule has 0 aliphatic carbocycles. The van der Waals surface area contributed by atoms with Gasteiger partial charge in [-0.1, -0.05) is 13.0 Å². The minimum Gasteiger partial charge on any atom is -0.357 e. The van der Waals surface area contributed by atoms with Crippen LogP contribution in [0.15, 0.2) is 23.3 Å². The Bertz CT molecular complexity index is 632. The van der Waals surface area contributed by atoms with E-state index in [0.29, 0.717) is 18.6 Å². The summed E-state index contributed by atoms with van der Waals surface area (Å²) in [5.41, 5.74) is 1.16. The number of aromatic nitrogens is 1. The smallest absolute Gasteiger partial charge is 0.191 e. The fourth-order valence-corrected chi connectivity index (χ4v) is 4.18. The molecule has 2 aliphatic heterocycles. The van der Waals surface area contributed by atoms with Crippen molar-refractivity contribution in [3.05, 3.63) is 23.9 Å². The van der Waals surface area contributed by atoms with Gasteiger partial charge in [0.15, 0.2) is 5.96 Å². The first kappa shape index (κ1) is 25.2. The summed E-state index contributed by atoms with van der Waals surface area (Å²) in [7, 11) is 0. The monoisotopic (exact) mass is 528 g/mol. The fraction of sp³-hybridized carbons (Fsp3) is 0.739. The summed E-state index contributed by atoms with van der Waals surface area (Å²) in [6.45, 7) is 15.1. The highest BCUT2D eigenvalue weighted by Crippen LogP contribution is 2.21. The highest BCUT2D eigenvalue weighted by Gasteiger charge is 2.21. The molecule has 30 heavy (non-hydrogen) atoms. The van der Waals surface area contributed by atoms with Crippen LogP contribution >= 0.6 is 24.0 Å². The van der Waals surface area contributed by atoms with Crippen molar-refractivity contribution in [2.24, 2.45) is 10.9 Å². The summed E-state index contributed by atoms with van der Waals surface area (Å²) < 4.78 is 0. The maximum absolute atomic E-state index is 4.81. The summed E-state index contributed by atoms with van der Waals surface area (Å²) in [6, 6.07) is 5.48. The minimum absolute atomic E-state index is 0. The molecule has 3 heterocycles. The van der Waals surface area contributed by atoms with E-state index < -0.39 is 0 Å². The summed E-state index contributed by atoms with van der Waals surface area (Å²) in [5, 5.41) is 7.04. The maximum atomic E-state index is 4.81. The molecule has 0 aromatic carbocycles. The number of halogens is 1. The average molecular weight is 529 g/mol. The predicted molar refractivity (Wildman–Crippen MR) is 138 cm³/mol. The summed E-state index contributed by atoms with van der Waals surface area (Å²) in [4.78, 5) is 14.5. The van der Waals surface area contributed by atoms with E-state index >= 15 is 0 Å². The summed E-state index contributed by atoms with van der Waals surface area (Å²) >= 11 is 0. The predicted octanol–water partition coefficient (Wildman–Crippen LogP) is 3.86. The van der Waals surface area contributed by atoms with Gasteiger partial charge in [-0.05, 0) is 64.0 Å². The van der Waals surface area contributed by atoms with Crippen molar-refractivity contribution in [1.82, 2.24) is 20.5 Å². The molecule has 2 aliphatic rings. The molecular weight excluding hydrogens is 487 g/mol. The number of hydrogen-bond acceptors (Lipinski definition) is 4. The third kappa shape index (κ3) is 7.55.